The maximum absolute atomic E-state index is 12.7. The van der Waals surface area contributed by atoms with Gasteiger partial charge in [-0.1, -0.05) is 6.07 Å². The number of hydrogen-bond acceptors (Lipinski definition) is 4. The molecular weight excluding hydrogens is 292 g/mol. The molecule has 0 saturated carbocycles. The van der Waals surface area contributed by atoms with Gasteiger partial charge in [-0.15, -0.1) is 0 Å². The van der Waals surface area contributed by atoms with Crippen molar-refractivity contribution in [2.24, 2.45) is 5.41 Å². The van der Waals surface area contributed by atoms with Crippen molar-refractivity contribution in [3.8, 4) is 0 Å². The van der Waals surface area contributed by atoms with Crippen LogP contribution in [0.4, 0.5) is 0 Å². The Labute approximate surface area is 138 Å². The monoisotopic (exact) mass is 318 g/mol. The Morgan fingerprint density at radius 1 is 1.52 bits per heavy atom. The molecule has 5 heteroatoms. The molecule has 2 atom stereocenters. The summed E-state index contributed by atoms with van der Waals surface area (Å²) < 4.78 is 11.7. The number of likely N-dealkylation sites (tertiary alicyclic amines) is 1. The fourth-order valence-electron chi connectivity index (χ4n) is 3.79. The lowest BCUT2D eigenvalue weighted by Gasteiger charge is -2.50. The van der Waals surface area contributed by atoms with Crippen molar-refractivity contribution in [3.63, 3.8) is 0 Å². The fraction of sp³-hybridized carbons (Fsp3) is 0.667. The first-order valence-electron chi connectivity index (χ1n) is 8.60. The largest absolute Gasteiger partial charge is 0.381 e. The minimum atomic E-state index is -0.0354. The van der Waals surface area contributed by atoms with Crippen LogP contribution in [0, 0.1) is 5.41 Å². The molecule has 2 fully saturated rings. The van der Waals surface area contributed by atoms with Crippen LogP contribution in [0.1, 0.15) is 31.9 Å². The molecule has 0 N–H and O–H groups in total. The molecule has 0 spiro atoms. The summed E-state index contributed by atoms with van der Waals surface area (Å²) in [5, 5.41) is 0. The number of pyridine rings is 1. The van der Waals surface area contributed by atoms with E-state index < -0.39 is 0 Å². The van der Waals surface area contributed by atoms with Crippen LogP contribution < -0.4 is 0 Å². The molecule has 0 unspecified atom stereocenters. The Bertz CT molecular complexity index is 522. The van der Waals surface area contributed by atoms with Gasteiger partial charge in [0, 0.05) is 43.6 Å². The molecule has 23 heavy (non-hydrogen) atoms. The van der Waals surface area contributed by atoms with Crippen LogP contribution in [0.5, 0.6) is 0 Å². The van der Waals surface area contributed by atoms with Crippen LogP contribution in [0.2, 0.25) is 0 Å². The summed E-state index contributed by atoms with van der Waals surface area (Å²) in [6, 6.07) is 5.70. The van der Waals surface area contributed by atoms with E-state index in [4.69, 9.17) is 9.47 Å². The highest BCUT2D eigenvalue weighted by atomic mass is 16.5. The van der Waals surface area contributed by atoms with Crippen LogP contribution in [0.15, 0.2) is 24.4 Å². The zero-order valence-electron chi connectivity index (χ0n) is 13.9. The number of carbonyl (C=O) groups excluding carboxylic acids is 1. The van der Waals surface area contributed by atoms with Crippen molar-refractivity contribution < 1.29 is 14.3 Å². The molecule has 0 aliphatic carbocycles. The van der Waals surface area contributed by atoms with E-state index in [2.05, 4.69) is 4.98 Å². The van der Waals surface area contributed by atoms with Crippen molar-refractivity contribution in [1.82, 2.24) is 9.88 Å². The predicted molar refractivity (Wildman–Crippen MR) is 87.0 cm³/mol. The quantitative estimate of drug-likeness (QED) is 0.834. The molecule has 2 aliphatic rings. The summed E-state index contributed by atoms with van der Waals surface area (Å²) in [6.07, 6.45) is 5.36. The van der Waals surface area contributed by atoms with E-state index in [9.17, 15) is 4.79 Å². The Morgan fingerprint density at radius 2 is 2.43 bits per heavy atom. The highest BCUT2D eigenvalue weighted by molar-refractivity contribution is 5.78. The lowest BCUT2D eigenvalue weighted by molar-refractivity contribution is -0.163. The van der Waals surface area contributed by atoms with E-state index in [1.165, 1.54) is 0 Å². The summed E-state index contributed by atoms with van der Waals surface area (Å²) in [5.74, 6) is 0.156. The van der Waals surface area contributed by atoms with Crippen molar-refractivity contribution in [2.45, 2.75) is 38.7 Å². The third-order valence-corrected chi connectivity index (χ3v) is 4.99. The molecule has 5 nitrogen and oxygen atoms in total. The average Bonchev–Trinajstić information content (AvgIpc) is 2.60. The van der Waals surface area contributed by atoms with Gasteiger partial charge in [0.2, 0.25) is 5.91 Å². The van der Waals surface area contributed by atoms with Gasteiger partial charge in [-0.05, 0) is 38.3 Å². The van der Waals surface area contributed by atoms with Gasteiger partial charge in [0.1, 0.15) is 0 Å². The first-order valence-corrected chi connectivity index (χ1v) is 8.60. The molecule has 0 aromatic carbocycles. The Hall–Kier alpha value is -1.46. The van der Waals surface area contributed by atoms with E-state index in [1.54, 1.807) is 6.20 Å². The van der Waals surface area contributed by atoms with Crippen LogP contribution in [-0.4, -0.2) is 54.8 Å². The molecule has 3 rings (SSSR count). The highest BCUT2D eigenvalue weighted by Crippen LogP contribution is 2.40. The van der Waals surface area contributed by atoms with E-state index >= 15 is 0 Å². The van der Waals surface area contributed by atoms with Gasteiger partial charge in [-0.25, -0.2) is 0 Å². The maximum atomic E-state index is 12.7. The maximum Gasteiger partial charge on any atom is 0.228 e. The number of ether oxygens (including phenoxy) is 2. The second-order valence-corrected chi connectivity index (χ2v) is 6.56. The van der Waals surface area contributed by atoms with Crippen LogP contribution in [0.3, 0.4) is 0 Å². The van der Waals surface area contributed by atoms with Crippen LogP contribution >= 0.6 is 0 Å². The smallest absolute Gasteiger partial charge is 0.228 e. The summed E-state index contributed by atoms with van der Waals surface area (Å²) in [5.41, 5.74) is 0.796. The predicted octanol–water partition coefficient (Wildman–Crippen LogP) is 2.06. The first kappa shape index (κ1) is 16.4. The van der Waals surface area contributed by atoms with E-state index in [1.807, 2.05) is 30.0 Å². The van der Waals surface area contributed by atoms with Gasteiger partial charge in [0.15, 0.2) is 0 Å². The third-order valence-electron chi connectivity index (χ3n) is 4.99. The SMILES string of the molecule is CCOC[C@]12CCCO[C@@H]1CCN(C(=O)Cc1ccccn1)C2. The van der Waals surface area contributed by atoms with Gasteiger partial charge >= 0.3 is 0 Å². The molecule has 0 bridgehead atoms. The minimum absolute atomic E-state index is 0.0354. The summed E-state index contributed by atoms with van der Waals surface area (Å²) in [7, 11) is 0. The van der Waals surface area contributed by atoms with E-state index in [0.717, 1.165) is 44.7 Å². The number of carbonyl (C=O) groups is 1. The number of aromatic nitrogens is 1. The second-order valence-electron chi connectivity index (χ2n) is 6.56. The Balaban J connectivity index is 1.68. The lowest BCUT2D eigenvalue weighted by atomic mass is 9.73. The zero-order valence-corrected chi connectivity index (χ0v) is 13.9. The molecule has 0 radical (unpaired) electrons. The summed E-state index contributed by atoms with van der Waals surface area (Å²) in [6.45, 7) is 5.74. The van der Waals surface area contributed by atoms with Gasteiger partial charge in [0.25, 0.3) is 0 Å². The molecule has 126 valence electrons. The molecule has 3 heterocycles. The number of piperidine rings is 1. The Kier molecular flexibility index (Phi) is 5.28. The number of fused-ring (bicyclic) bond motifs is 1. The van der Waals surface area contributed by atoms with Crippen molar-refractivity contribution in [1.29, 1.82) is 0 Å². The molecule has 1 aromatic rings. The average molecular weight is 318 g/mol. The minimum Gasteiger partial charge on any atom is -0.381 e. The van der Waals surface area contributed by atoms with Gasteiger partial charge < -0.3 is 14.4 Å². The highest BCUT2D eigenvalue weighted by Gasteiger charge is 2.47. The van der Waals surface area contributed by atoms with Gasteiger partial charge in [-0.2, -0.15) is 0 Å². The molecule has 1 aromatic heterocycles. The van der Waals surface area contributed by atoms with Crippen molar-refractivity contribution in [3.05, 3.63) is 30.1 Å². The fourth-order valence-corrected chi connectivity index (χ4v) is 3.79. The zero-order chi connectivity index (χ0) is 16.1. The normalized spacial score (nSPS) is 27.5. The van der Waals surface area contributed by atoms with E-state index in [0.29, 0.717) is 19.6 Å². The van der Waals surface area contributed by atoms with Gasteiger partial charge in [0.05, 0.1) is 19.1 Å². The molecular formula is C18H26N2O3. The molecule has 1 amide bonds. The topological polar surface area (TPSA) is 51.7 Å². The Morgan fingerprint density at radius 3 is 3.22 bits per heavy atom. The molecule has 2 aliphatic heterocycles. The van der Waals surface area contributed by atoms with Crippen molar-refractivity contribution >= 4 is 5.91 Å². The lowest BCUT2D eigenvalue weighted by Crippen LogP contribution is -2.58. The first-order chi connectivity index (χ1) is 11.2. The molecule has 2 saturated heterocycles. The third kappa shape index (κ3) is 3.72. The number of hydrogen-bond donors (Lipinski definition) is 0. The standard InChI is InChI=1S/C18H26N2O3/c1-2-22-14-18-8-5-11-23-16(18)7-10-20(13-18)17(21)12-15-6-3-4-9-19-15/h3-4,6,9,16H,2,5,7-8,10-14H2,1H3/t16-,18-/m1/s1. The number of nitrogens with zero attached hydrogens (tertiary/aromatic N) is 2. The summed E-state index contributed by atoms with van der Waals surface area (Å²) in [4.78, 5) is 18.9. The van der Waals surface area contributed by atoms with Crippen LogP contribution in [0.25, 0.3) is 0 Å². The number of rotatable bonds is 5. The van der Waals surface area contributed by atoms with Gasteiger partial charge in [-0.3, -0.25) is 9.78 Å². The second kappa shape index (κ2) is 7.41. The van der Waals surface area contributed by atoms with Crippen molar-refractivity contribution in [2.75, 3.05) is 32.9 Å². The number of amides is 1. The van der Waals surface area contributed by atoms with Crippen LogP contribution in [-0.2, 0) is 20.7 Å². The summed E-state index contributed by atoms with van der Waals surface area (Å²) >= 11 is 0. The van der Waals surface area contributed by atoms with E-state index in [-0.39, 0.29) is 17.4 Å².